The van der Waals surface area contributed by atoms with Gasteiger partial charge < -0.3 is 31.2 Å². The first-order valence-electron chi connectivity index (χ1n) is 47.5. The Hall–Kier alpha value is -11.5. The van der Waals surface area contributed by atoms with E-state index in [4.69, 9.17) is 11.5 Å². The molecule has 0 bridgehead atoms. The zero-order chi connectivity index (χ0) is 96.7. The molecule has 0 aromatic heterocycles. The van der Waals surface area contributed by atoms with Crippen molar-refractivity contribution in [2.45, 2.75) is 221 Å². The number of nitrogen functional groups attached to an aromatic ring is 2. The summed E-state index contributed by atoms with van der Waals surface area (Å²) < 4.78 is 62.6. The van der Waals surface area contributed by atoms with Crippen LogP contribution in [0.3, 0.4) is 0 Å². The molecule has 0 aliphatic heterocycles. The number of nitrogens with two attached hydrogens (primary N) is 2. The minimum Gasteiger partial charge on any atom is -0.747 e. The largest absolute Gasteiger partial charge is 1.00 e. The second kappa shape index (κ2) is 68.5. The van der Waals surface area contributed by atoms with Gasteiger partial charge in [0.2, 0.25) is 0 Å². The number of rotatable bonds is 50. The summed E-state index contributed by atoms with van der Waals surface area (Å²) in [5, 5.41) is 64.8. The molecule has 714 valence electrons. The van der Waals surface area contributed by atoms with Crippen molar-refractivity contribution in [3.8, 4) is 0 Å². The number of Topliss-reactive ketones (excluding diaryl/α,β-unsaturated/α-hetero) is 1. The zero-order valence-electron chi connectivity index (χ0n) is 81.3. The van der Waals surface area contributed by atoms with E-state index < -0.39 is 32.0 Å². The van der Waals surface area contributed by atoms with Crippen molar-refractivity contribution in [2.24, 2.45) is 71.6 Å². The number of para-hydroxylation sites is 1. The summed E-state index contributed by atoms with van der Waals surface area (Å²) in [6, 6.07) is 93.1. The normalized spacial score (nSPS) is 11.4. The fourth-order valence-electron chi connectivity index (χ4n) is 13.5. The van der Waals surface area contributed by atoms with Gasteiger partial charge in [0.05, 0.1) is 79.6 Å². The zero-order valence-corrected chi connectivity index (χ0v) is 86.9. The summed E-state index contributed by atoms with van der Waals surface area (Å²) in [5.41, 5.74) is 31.1. The number of ketones is 1. The number of aryl methyl sites for hydroxylation is 4. The summed E-state index contributed by atoms with van der Waals surface area (Å²) in [7, 11) is -8.51. The molecule has 12 rings (SSSR count). The van der Waals surface area contributed by atoms with E-state index >= 15 is 0 Å². The molecule has 25 nitrogen and oxygen atoms in total. The number of nitrogens with one attached hydrogen (secondary N) is 2. The van der Waals surface area contributed by atoms with Crippen LogP contribution in [0, 0.1) is 0 Å². The molecule has 0 spiro atoms. The molecule has 0 aliphatic carbocycles. The van der Waals surface area contributed by atoms with E-state index in [-0.39, 0.29) is 64.9 Å². The molecule has 0 atom stereocenters. The molecule has 0 heterocycles. The van der Waals surface area contributed by atoms with E-state index in [1.54, 1.807) is 85.8 Å². The molecule has 0 saturated heterocycles. The first-order chi connectivity index (χ1) is 66.1. The molecule has 138 heavy (non-hydrogen) atoms. The van der Waals surface area contributed by atoms with Crippen LogP contribution in [0.1, 0.15) is 217 Å². The molecule has 0 fully saturated rings. The molecule has 0 saturated carbocycles. The van der Waals surface area contributed by atoms with Crippen molar-refractivity contribution < 1.29 is 89.9 Å². The van der Waals surface area contributed by atoms with Crippen LogP contribution in [0.25, 0.3) is 0 Å². The summed E-state index contributed by atoms with van der Waals surface area (Å²) in [5.74, 6) is -1.09. The maximum Gasteiger partial charge on any atom is 1.00 e. The van der Waals surface area contributed by atoms with Crippen molar-refractivity contribution in [3.63, 3.8) is 0 Å². The van der Waals surface area contributed by atoms with Crippen LogP contribution in [-0.4, -0.2) is 43.5 Å². The Morgan fingerprint density at radius 1 is 0.239 bits per heavy atom. The molecule has 0 radical (unpaired) electrons. The number of hydrogen-bond acceptors (Lipinski definition) is 25. The van der Waals surface area contributed by atoms with Crippen molar-refractivity contribution >= 4 is 128 Å². The fourth-order valence-corrected chi connectivity index (χ4v) is 14.2. The Balaban J connectivity index is 0.000000272. The molecular weight excluding hydrogens is 1780 g/mol. The monoisotopic (exact) mass is 1910 g/mol. The van der Waals surface area contributed by atoms with Gasteiger partial charge in [-0.05, 0) is 304 Å². The van der Waals surface area contributed by atoms with Crippen LogP contribution in [0.5, 0.6) is 0 Å². The summed E-state index contributed by atoms with van der Waals surface area (Å²) >= 11 is 0. The maximum atomic E-state index is 11.2. The van der Waals surface area contributed by atoms with Gasteiger partial charge in [0.25, 0.3) is 0 Å². The van der Waals surface area contributed by atoms with E-state index in [0.717, 1.165) is 99.5 Å². The number of anilines is 4. The topological polar surface area (TPSA) is 381 Å². The molecule has 12 aromatic carbocycles. The predicted octanol–water partition coefficient (Wildman–Crippen LogP) is 28.1. The molecule has 0 aliphatic rings. The van der Waals surface area contributed by atoms with Crippen LogP contribution in [0.2, 0.25) is 0 Å². The minimum atomic E-state index is -4.33. The average Bonchev–Trinajstić information content (AvgIpc) is 0.853. The van der Waals surface area contributed by atoms with Crippen LogP contribution in [-0.2, 0) is 57.1 Å². The number of unbranched alkanes of at least 4 members (excludes halogenated alkanes) is 20. The number of hydrogen-bond donors (Lipinski definition) is 4. The van der Waals surface area contributed by atoms with E-state index in [0.29, 0.717) is 40.5 Å². The summed E-state index contributed by atoms with van der Waals surface area (Å²) in [6.45, 7) is 10.6. The maximum absolute atomic E-state index is 11.2. The van der Waals surface area contributed by atoms with Gasteiger partial charge in [-0.3, -0.25) is 4.79 Å². The van der Waals surface area contributed by atoms with Gasteiger partial charge in [-0.2, -0.15) is 71.6 Å². The van der Waals surface area contributed by atoms with Gasteiger partial charge in [0.15, 0.2) is 0 Å². The quantitative estimate of drug-likeness (QED) is 0.00912. The van der Waals surface area contributed by atoms with Crippen LogP contribution in [0.15, 0.2) is 369 Å². The van der Waals surface area contributed by atoms with E-state index in [1.165, 1.54) is 176 Å². The van der Waals surface area contributed by atoms with Crippen molar-refractivity contribution in [1.82, 2.24) is 0 Å². The van der Waals surface area contributed by atoms with E-state index in [2.05, 4.69) is 158 Å². The Morgan fingerprint density at radius 3 is 0.601 bits per heavy atom. The number of benzene rings is 12. The minimum absolute atomic E-state index is 0. The first kappa shape index (κ1) is 115. The van der Waals surface area contributed by atoms with Gasteiger partial charge in [-0.25, -0.2) is 16.8 Å². The molecule has 29 heteroatoms. The number of nitrogens with zero attached hydrogens (tertiary/aromatic N) is 14. The third-order valence-electron chi connectivity index (χ3n) is 21.3. The van der Waals surface area contributed by atoms with Crippen LogP contribution in [0.4, 0.5) is 102 Å². The molecule has 6 N–H and O–H groups in total. The molecule has 12 aromatic rings. The SMILES string of the molecule is CCCCCCCCc1ccc(N=Nc2ccc(N)cc2)cc1.CCCCCCCCc1ccc(N=Nc2ccc(N=Nc3ccc(CC(C)=O)cc3)cc2)cc1.CCCCCCCCc1ccc(N=Nc2ccc(N=Nc3ccc(N)cc3)cc2)cc1.CCCCCCCCc1ccc(N=Nc2ccc(N=Nc3ccc(NCS(=O)(=O)[O-])cc3)cc2)cc1.O=S(=O)([O-])CNc1ccccc1.[Na+].[Na+]. The molecule has 0 amide bonds. The van der Waals surface area contributed by atoms with Crippen LogP contribution >= 0.6 is 0 Å². The van der Waals surface area contributed by atoms with Crippen molar-refractivity contribution in [1.29, 1.82) is 0 Å². The van der Waals surface area contributed by atoms with Gasteiger partial charge in [0, 0.05) is 29.2 Å². The summed E-state index contributed by atoms with van der Waals surface area (Å²) in [6.07, 6.45) is 36.6. The fraction of sp³-hybridized carbons (Fsp3) is 0.330. The Kier molecular flexibility index (Phi) is 57.2. The van der Waals surface area contributed by atoms with Gasteiger partial charge in [-0.1, -0.05) is 235 Å². The standard InChI is InChI=1S/C29H34N4O.C27H33N5O3S.C26H31N5.C20H27N3.C7H9NO3S.2Na/c1-3-4-5-6-7-8-9-24-10-14-26(15-11-24)30-32-28-18-20-29(21-19-28)33-31-27-16-12-25(13-17-27)22-23(2)34;1-2-3-4-5-6-7-8-22-9-11-24(12-10-22)29-31-26-17-19-27(20-18-26)32-30-25-15-13-23(14-16-25)28-21-36(33,34)35;1-2-3-4-5-6-7-8-21-9-13-23(14-10-21)28-30-25-17-19-26(20-18-25)31-29-24-15-11-22(27)12-16-24;1-2-3-4-5-6-7-8-17-9-13-19(14-10-17)22-23-20-15-11-18(21)12-16-20;9-12(10,11)6-8-7-4-2-1-3-5-7;;/h10-21H,3-9,22H2,1-2H3;9-20,28H,2-8,21H2,1H3,(H,33,34,35);9-20H,2-8,27H2,1H3;9-16H,2-8,21H2,1H3;1-5,8H,6H2,(H,9,10,11);;/q;;;;;2*+1/p-2. The number of carbonyl (C=O) groups excluding carboxylic acids is 1. The van der Waals surface area contributed by atoms with Gasteiger partial charge >= 0.3 is 59.1 Å². The van der Waals surface area contributed by atoms with Crippen molar-refractivity contribution in [2.75, 3.05) is 33.9 Å². The smallest absolute Gasteiger partial charge is 0.747 e. The second-order valence-electron chi connectivity index (χ2n) is 33.1. The predicted molar refractivity (Wildman–Crippen MR) is 554 cm³/mol. The van der Waals surface area contributed by atoms with E-state index in [1.807, 2.05) is 170 Å². The molecule has 0 unspecified atom stereocenters. The number of carbonyl (C=O) groups is 1. The summed E-state index contributed by atoms with van der Waals surface area (Å²) in [4.78, 5) is 11.2. The second-order valence-corrected chi connectivity index (χ2v) is 35.9. The molecular formula is C109H132N18Na2O7S2. The van der Waals surface area contributed by atoms with Gasteiger partial charge in [0.1, 0.15) is 37.8 Å². The van der Waals surface area contributed by atoms with Crippen LogP contribution < -0.4 is 81.2 Å². The van der Waals surface area contributed by atoms with E-state index in [9.17, 15) is 30.7 Å². The Morgan fingerprint density at radius 2 is 0.406 bits per heavy atom. The average molecular weight is 1920 g/mol. The van der Waals surface area contributed by atoms with Crippen molar-refractivity contribution in [3.05, 3.63) is 325 Å². The third-order valence-corrected chi connectivity index (χ3v) is 22.3. The Labute approximate surface area is 862 Å². The van der Waals surface area contributed by atoms with Gasteiger partial charge in [-0.15, -0.1) is 0 Å². The Bertz CT molecular complexity index is 5820. The first-order valence-corrected chi connectivity index (χ1v) is 50.6. The number of azo groups is 7. The third kappa shape index (κ3) is 52.9.